The van der Waals surface area contributed by atoms with Crippen molar-refractivity contribution < 1.29 is 4.39 Å². The molecule has 104 valence electrons. The largest absolute Gasteiger partial charge is 0.307 e. The second-order valence-electron chi connectivity index (χ2n) is 5.85. The van der Waals surface area contributed by atoms with E-state index in [1.54, 1.807) is 17.8 Å². The van der Waals surface area contributed by atoms with Gasteiger partial charge in [0.1, 0.15) is 5.82 Å². The maximum absolute atomic E-state index is 13.8. The van der Waals surface area contributed by atoms with E-state index in [0.717, 1.165) is 23.0 Å². The van der Waals surface area contributed by atoms with Crippen molar-refractivity contribution in [3.63, 3.8) is 0 Å². The molecule has 1 unspecified atom stereocenters. The lowest BCUT2D eigenvalue weighted by Gasteiger charge is -2.31. The van der Waals surface area contributed by atoms with E-state index in [2.05, 4.69) is 18.3 Å². The molecule has 1 aliphatic carbocycles. The lowest BCUT2D eigenvalue weighted by Crippen LogP contribution is -2.36. The summed E-state index contributed by atoms with van der Waals surface area (Å²) in [6.45, 7) is 2.30. The minimum absolute atomic E-state index is 0.0532. The van der Waals surface area contributed by atoms with Crippen molar-refractivity contribution in [2.45, 2.75) is 56.0 Å². The molecule has 3 heteroatoms. The fraction of sp³-hybridized carbons (Fsp3) is 0.625. The molecular weight excluding hydrogens is 257 g/mol. The number of rotatable bonds is 3. The summed E-state index contributed by atoms with van der Waals surface area (Å²) in [6.07, 6.45) is 6.57. The van der Waals surface area contributed by atoms with Crippen molar-refractivity contribution in [2.24, 2.45) is 5.92 Å². The number of hydrogen-bond acceptors (Lipinski definition) is 2. The molecule has 1 nitrogen and oxygen atoms in total. The van der Waals surface area contributed by atoms with Gasteiger partial charge in [-0.15, -0.1) is 11.8 Å². The first kappa shape index (κ1) is 13.4. The Morgan fingerprint density at radius 2 is 2.05 bits per heavy atom. The Hall–Kier alpha value is -0.540. The molecule has 0 aromatic heterocycles. The van der Waals surface area contributed by atoms with Crippen LogP contribution in [-0.4, -0.2) is 11.8 Å². The zero-order chi connectivity index (χ0) is 13.2. The molecule has 1 saturated carbocycles. The van der Waals surface area contributed by atoms with Crippen molar-refractivity contribution in [3.8, 4) is 0 Å². The SMILES string of the molecule is C[C@@H](NC1CCSc2c(F)cccc21)C1CCCC1. The number of fused-ring (bicyclic) bond motifs is 1. The number of hydrogen-bond donors (Lipinski definition) is 1. The maximum Gasteiger partial charge on any atom is 0.137 e. The first-order valence-electron chi connectivity index (χ1n) is 7.43. The van der Waals surface area contributed by atoms with E-state index in [0.29, 0.717) is 12.1 Å². The summed E-state index contributed by atoms with van der Waals surface area (Å²) in [5.41, 5.74) is 1.17. The van der Waals surface area contributed by atoms with Gasteiger partial charge in [-0.3, -0.25) is 0 Å². The Kier molecular flexibility index (Phi) is 4.13. The fourth-order valence-electron chi connectivity index (χ4n) is 3.47. The Balaban J connectivity index is 1.74. The molecule has 1 N–H and O–H groups in total. The smallest absolute Gasteiger partial charge is 0.137 e. The molecule has 0 bridgehead atoms. The molecule has 1 aliphatic heterocycles. The Labute approximate surface area is 119 Å². The average Bonchev–Trinajstić information content (AvgIpc) is 2.94. The first-order chi connectivity index (χ1) is 9.25. The highest BCUT2D eigenvalue weighted by molar-refractivity contribution is 7.99. The molecule has 2 aliphatic rings. The zero-order valence-corrected chi connectivity index (χ0v) is 12.3. The maximum atomic E-state index is 13.8. The standard InChI is InChI=1S/C16H22FNS/c1-11(12-5-2-3-6-12)18-15-9-10-19-16-13(15)7-4-8-14(16)17/h4,7-8,11-12,15,18H,2-3,5-6,9-10H2,1H3/t11-,15?/m1/s1. The first-order valence-corrected chi connectivity index (χ1v) is 8.41. The molecule has 1 heterocycles. The van der Waals surface area contributed by atoms with Gasteiger partial charge in [0.25, 0.3) is 0 Å². The van der Waals surface area contributed by atoms with Crippen molar-refractivity contribution in [2.75, 3.05) is 5.75 Å². The third-order valence-electron chi connectivity index (χ3n) is 4.60. The predicted molar refractivity (Wildman–Crippen MR) is 79.0 cm³/mol. The predicted octanol–water partition coefficient (Wildman–Crippen LogP) is 4.53. The van der Waals surface area contributed by atoms with Crippen LogP contribution < -0.4 is 5.32 Å². The van der Waals surface area contributed by atoms with E-state index < -0.39 is 0 Å². The minimum Gasteiger partial charge on any atom is -0.307 e. The number of benzene rings is 1. The summed E-state index contributed by atoms with van der Waals surface area (Å²) in [5, 5.41) is 3.76. The second-order valence-corrected chi connectivity index (χ2v) is 6.95. The van der Waals surface area contributed by atoms with Crippen LogP contribution in [0.3, 0.4) is 0 Å². The topological polar surface area (TPSA) is 12.0 Å². The van der Waals surface area contributed by atoms with Crippen molar-refractivity contribution >= 4 is 11.8 Å². The Bertz CT molecular complexity index is 442. The van der Waals surface area contributed by atoms with Crippen LogP contribution >= 0.6 is 11.8 Å². The number of thioether (sulfide) groups is 1. The molecule has 1 aromatic rings. The van der Waals surface area contributed by atoms with Crippen LogP contribution in [0, 0.1) is 11.7 Å². The third kappa shape index (κ3) is 2.82. The summed E-state index contributed by atoms with van der Waals surface area (Å²) in [6, 6.07) is 6.39. The van der Waals surface area contributed by atoms with Gasteiger partial charge in [-0.1, -0.05) is 25.0 Å². The molecule has 1 aromatic carbocycles. The summed E-state index contributed by atoms with van der Waals surface area (Å²) < 4.78 is 13.8. The van der Waals surface area contributed by atoms with Gasteiger partial charge in [-0.05, 0) is 49.5 Å². The Morgan fingerprint density at radius 3 is 2.84 bits per heavy atom. The molecule has 0 saturated heterocycles. The van der Waals surface area contributed by atoms with Crippen molar-refractivity contribution in [1.29, 1.82) is 0 Å². The highest BCUT2D eigenvalue weighted by atomic mass is 32.2. The third-order valence-corrected chi connectivity index (χ3v) is 5.76. The van der Waals surface area contributed by atoms with Gasteiger partial charge in [0.15, 0.2) is 0 Å². The van der Waals surface area contributed by atoms with Crippen LogP contribution in [0.15, 0.2) is 23.1 Å². The summed E-state index contributed by atoms with van der Waals surface area (Å²) >= 11 is 1.66. The summed E-state index contributed by atoms with van der Waals surface area (Å²) in [5.74, 6) is 1.78. The van der Waals surface area contributed by atoms with Gasteiger partial charge in [-0.25, -0.2) is 4.39 Å². The molecule has 2 atom stereocenters. The van der Waals surface area contributed by atoms with Gasteiger partial charge in [0, 0.05) is 17.0 Å². The van der Waals surface area contributed by atoms with Gasteiger partial charge in [-0.2, -0.15) is 0 Å². The van der Waals surface area contributed by atoms with Crippen molar-refractivity contribution in [3.05, 3.63) is 29.6 Å². The van der Waals surface area contributed by atoms with Gasteiger partial charge < -0.3 is 5.32 Å². The second kappa shape index (κ2) is 5.84. The summed E-state index contributed by atoms with van der Waals surface area (Å²) in [4.78, 5) is 0.866. The van der Waals surface area contributed by atoms with E-state index in [9.17, 15) is 4.39 Å². The fourth-order valence-corrected chi connectivity index (χ4v) is 4.61. The van der Waals surface area contributed by atoms with Crippen LogP contribution in [0.2, 0.25) is 0 Å². The van der Waals surface area contributed by atoms with Crippen LogP contribution in [0.1, 0.15) is 50.6 Å². The van der Waals surface area contributed by atoms with E-state index >= 15 is 0 Å². The molecule has 0 amide bonds. The van der Waals surface area contributed by atoms with Crippen LogP contribution in [0.25, 0.3) is 0 Å². The molecule has 3 rings (SSSR count). The molecule has 1 fully saturated rings. The molecule has 0 radical (unpaired) electrons. The van der Waals surface area contributed by atoms with Gasteiger partial charge in [0.05, 0.1) is 0 Å². The zero-order valence-electron chi connectivity index (χ0n) is 11.5. The average molecular weight is 279 g/mol. The van der Waals surface area contributed by atoms with E-state index in [1.807, 2.05) is 6.07 Å². The molecule has 0 spiro atoms. The number of nitrogens with one attached hydrogen (secondary N) is 1. The van der Waals surface area contributed by atoms with E-state index in [1.165, 1.54) is 31.2 Å². The molecule has 19 heavy (non-hydrogen) atoms. The monoisotopic (exact) mass is 279 g/mol. The van der Waals surface area contributed by atoms with E-state index in [4.69, 9.17) is 0 Å². The van der Waals surface area contributed by atoms with Gasteiger partial charge in [0.2, 0.25) is 0 Å². The quantitative estimate of drug-likeness (QED) is 0.872. The normalized spacial score (nSPS) is 25.3. The van der Waals surface area contributed by atoms with Crippen molar-refractivity contribution in [1.82, 2.24) is 5.32 Å². The molecular formula is C16H22FNS. The van der Waals surface area contributed by atoms with Crippen LogP contribution in [0.5, 0.6) is 0 Å². The number of halogens is 1. The Morgan fingerprint density at radius 1 is 1.26 bits per heavy atom. The summed E-state index contributed by atoms with van der Waals surface area (Å²) in [7, 11) is 0. The van der Waals surface area contributed by atoms with Gasteiger partial charge >= 0.3 is 0 Å². The van der Waals surface area contributed by atoms with E-state index in [-0.39, 0.29) is 5.82 Å². The van der Waals surface area contributed by atoms with Crippen LogP contribution in [0.4, 0.5) is 4.39 Å². The van der Waals surface area contributed by atoms with Crippen LogP contribution in [-0.2, 0) is 0 Å². The lowest BCUT2D eigenvalue weighted by molar-refractivity contribution is 0.335. The lowest BCUT2D eigenvalue weighted by atomic mass is 9.96. The highest BCUT2D eigenvalue weighted by Gasteiger charge is 2.27. The highest BCUT2D eigenvalue weighted by Crippen LogP contribution is 2.38. The minimum atomic E-state index is -0.0532.